The first-order chi connectivity index (χ1) is 7.39. The first-order valence-electron chi connectivity index (χ1n) is 5.61. The Morgan fingerprint density at radius 3 is 2.19 bits per heavy atom. The van der Waals surface area contributed by atoms with E-state index >= 15 is 0 Å². The van der Waals surface area contributed by atoms with Crippen molar-refractivity contribution in [2.45, 2.75) is 43.4 Å². The molecule has 0 bridgehead atoms. The smallest absolute Gasteiger partial charge is 0.215 e. The molecule has 0 aromatic rings. The fourth-order valence-electron chi connectivity index (χ4n) is 2.38. The Morgan fingerprint density at radius 2 is 1.69 bits per heavy atom. The number of hydrogen-bond acceptors (Lipinski definition) is 4. The van der Waals surface area contributed by atoms with Crippen LogP contribution in [0.3, 0.4) is 0 Å². The lowest BCUT2D eigenvalue weighted by Gasteiger charge is -2.15. The van der Waals surface area contributed by atoms with Gasteiger partial charge in [0.15, 0.2) is 9.84 Å². The SMILES string of the molecule is O=S1(=O)CC[C@@H](S(=O)(=O)NC2CCCC2)C1. The number of sulfonamides is 1. The van der Waals surface area contributed by atoms with Crippen LogP contribution in [0.2, 0.25) is 0 Å². The Hall–Kier alpha value is -0.140. The largest absolute Gasteiger partial charge is 0.229 e. The lowest BCUT2D eigenvalue weighted by atomic mass is 10.3. The van der Waals surface area contributed by atoms with Gasteiger partial charge >= 0.3 is 0 Å². The summed E-state index contributed by atoms with van der Waals surface area (Å²) in [5, 5.41) is -0.738. The Kier molecular flexibility index (Phi) is 3.29. The van der Waals surface area contributed by atoms with Crippen LogP contribution < -0.4 is 4.72 Å². The van der Waals surface area contributed by atoms with Crippen molar-refractivity contribution >= 4 is 19.9 Å². The molecule has 1 aliphatic carbocycles. The molecule has 0 aromatic heterocycles. The van der Waals surface area contributed by atoms with Crippen molar-refractivity contribution in [3.05, 3.63) is 0 Å². The predicted molar refractivity (Wildman–Crippen MR) is 61.4 cm³/mol. The van der Waals surface area contributed by atoms with Gasteiger partial charge in [0.1, 0.15) is 0 Å². The molecule has 0 radical (unpaired) electrons. The van der Waals surface area contributed by atoms with Crippen LogP contribution in [0.15, 0.2) is 0 Å². The van der Waals surface area contributed by atoms with Crippen LogP contribution in [0.25, 0.3) is 0 Å². The van der Waals surface area contributed by atoms with Crippen LogP contribution in [-0.4, -0.2) is 39.6 Å². The third-order valence-corrected chi connectivity index (χ3v) is 7.24. The zero-order chi connectivity index (χ0) is 11.8. The number of rotatable bonds is 3. The molecule has 1 atom stereocenters. The molecule has 2 fully saturated rings. The van der Waals surface area contributed by atoms with Crippen LogP contribution in [0, 0.1) is 0 Å². The summed E-state index contributed by atoms with van der Waals surface area (Å²) in [6.45, 7) is 0. The van der Waals surface area contributed by atoms with Crippen molar-refractivity contribution in [2.24, 2.45) is 0 Å². The van der Waals surface area contributed by atoms with E-state index in [-0.39, 0.29) is 24.0 Å². The van der Waals surface area contributed by atoms with E-state index in [2.05, 4.69) is 4.72 Å². The average molecular weight is 267 g/mol. The van der Waals surface area contributed by atoms with E-state index in [0.29, 0.717) is 0 Å². The van der Waals surface area contributed by atoms with Crippen molar-refractivity contribution in [1.82, 2.24) is 4.72 Å². The molecule has 7 heteroatoms. The Balaban J connectivity index is 2.02. The van der Waals surface area contributed by atoms with Gasteiger partial charge in [-0.15, -0.1) is 0 Å². The quantitative estimate of drug-likeness (QED) is 0.782. The summed E-state index contributed by atoms with van der Waals surface area (Å²) in [7, 11) is -6.58. The molecular weight excluding hydrogens is 250 g/mol. The molecule has 0 unspecified atom stereocenters. The second-order valence-electron chi connectivity index (χ2n) is 4.67. The van der Waals surface area contributed by atoms with Crippen molar-refractivity contribution in [1.29, 1.82) is 0 Å². The first-order valence-corrected chi connectivity index (χ1v) is 8.97. The van der Waals surface area contributed by atoms with E-state index in [0.717, 1.165) is 25.7 Å². The van der Waals surface area contributed by atoms with Gasteiger partial charge in [-0.3, -0.25) is 0 Å². The molecule has 1 aliphatic heterocycles. The normalized spacial score (nSPS) is 30.9. The van der Waals surface area contributed by atoms with Gasteiger partial charge in [-0.2, -0.15) is 0 Å². The fraction of sp³-hybridized carbons (Fsp3) is 1.00. The average Bonchev–Trinajstić information content (AvgIpc) is 2.74. The first kappa shape index (κ1) is 12.3. The summed E-state index contributed by atoms with van der Waals surface area (Å²) >= 11 is 0. The Morgan fingerprint density at radius 1 is 1.06 bits per heavy atom. The van der Waals surface area contributed by atoms with Gasteiger partial charge in [-0.25, -0.2) is 21.6 Å². The highest BCUT2D eigenvalue weighted by molar-refractivity contribution is 7.95. The van der Waals surface area contributed by atoms with Gasteiger partial charge in [0, 0.05) is 6.04 Å². The highest BCUT2D eigenvalue weighted by atomic mass is 32.2. The monoisotopic (exact) mass is 267 g/mol. The maximum absolute atomic E-state index is 11.9. The fourth-order valence-corrected chi connectivity index (χ4v) is 6.73. The van der Waals surface area contributed by atoms with Crippen LogP contribution >= 0.6 is 0 Å². The van der Waals surface area contributed by atoms with Crippen LogP contribution in [-0.2, 0) is 19.9 Å². The molecule has 1 N–H and O–H groups in total. The molecule has 1 saturated carbocycles. The Bertz CT molecular complexity index is 448. The second-order valence-corrected chi connectivity index (χ2v) is 8.89. The van der Waals surface area contributed by atoms with E-state index in [1.807, 2.05) is 0 Å². The van der Waals surface area contributed by atoms with E-state index < -0.39 is 25.1 Å². The molecular formula is C9H17NO4S2. The van der Waals surface area contributed by atoms with Crippen LogP contribution in [0.4, 0.5) is 0 Å². The van der Waals surface area contributed by atoms with Gasteiger partial charge < -0.3 is 0 Å². The van der Waals surface area contributed by atoms with Gasteiger partial charge in [-0.05, 0) is 19.3 Å². The van der Waals surface area contributed by atoms with E-state index in [1.165, 1.54) is 0 Å². The molecule has 5 nitrogen and oxygen atoms in total. The standard InChI is InChI=1S/C9H17NO4S2/c11-15(12)6-5-9(7-15)16(13,14)10-8-3-1-2-4-8/h8-10H,1-7H2/t9-/m1/s1. The number of nitrogens with one attached hydrogen (secondary N) is 1. The molecule has 0 aromatic carbocycles. The van der Waals surface area contributed by atoms with Crippen LogP contribution in [0.5, 0.6) is 0 Å². The third-order valence-electron chi connectivity index (χ3n) is 3.32. The molecule has 1 saturated heterocycles. The molecule has 2 aliphatic rings. The zero-order valence-corrected chi connectivity index (χ0v) is 10.7. The van der Waals surface area contributed by atoms with Crippen molar-refractivity contribution in [2.75, 3.05) is 11.5 Å². The molecule has 0 amide bonds. The highest BCUT2D eigenvalue weighted by Gasteiger charge is 2.38. The topological polar surface area (TPSA) is 80.3 Å². The molecule has 2 rings (SSSR count). The van der Waals surface area contributed by atoms with E-state index in [4.69, 9.17) is 0 Å². The molecule has 0 spiro atoms. The van der Waals surface area contributed by atoms with Crippen LogP contribution in [0.1, 0.15) is 32.1 Å². The molecule has 94 valence electrons. The predicted octanol–water partition coefficient (Wildman–Crippen LogP) is 0.0355. The van der Waals surface area contributed by atoms with E-state index in [9.17, 15) is 16.8 Å². The van der Waals surface area contributed by atoms with Gasteiger partial charge in [-0.1, -0.05) is 12.8 Å². The summed E-state index contributed by atoms with van der Waals surface area (Å²) in [6, 6.07) is 0.0216. The number of sulfone groups is 1. The van der Waals surface area contributed by atoms with Gasteiger partial charge in [0.25, 0.3) is 0 Å². The highest BCUT2D eigenvalue weighted by Crippen LogP contribution is 2.22. The molecule has 16 heavy (non-hydrogen) atoms. The maximum Gasteiger partial charge on any atom is 0.215 e. The lowest BCUT2D eigenvalue weighted by molar-refractivity contribution is 0.541. The summed E-state index contributed by atoms with van der Waals surface area (Å²) in [5.74, 6) is -0.210. The lowest BCUT2D eigenvalue weighted by Crippen LogP contribution is -2.40. The summed E-state index contributed by atoms with van der Waals surface area (Å²) in [4.78, 5) is 0. The van der Waals surface area contributed by atoms with Gasteiger partial charge in [0.2, 0.25) is 10.0 Å². The summed E-state index contributed by atoms with van der Waals surface area (Å²) < 4.78 is 48.9. The second kappa shape index (κ2) is 4.27. The van der Waals surface area contributed by atoms with Crippen molar-refractivity contribution < 1.29 is 16.8 Å². The minimum Gasteiger partial charge on any atom is -0.229 e. The van der Waals surface area contributed by atoms with Gasteiger partial charge in [0.05, 0.1) is 16.8 Å². The summed E-state index contributed by atoms with van der Waals surface area (Å²) in [5.41, 5.74) is 0. The minimum absolute atomic E-state index is 0.00322. The zero-order valence-electron chi connectivity index (χ0n) is 9.05. The number of hydrogen-bond donors (Lipinski definition) is 1. The van der Waals surface area contributed by atoms with Crippen molar-refractivity contribution in [3.63, 3.8) is 0 Å². The third kappa shape index (κ3) is 2.75. The minimum atomic E-state index is -3.44. The summed E-state index contributed by atoms with van der Waals surface area (Å²) in [6.07, 6.45) is 4.09. The maximum atomic E-state index is 11.9. The van der Waals surface area contributed by atoms with Crippen molar-refractivity contribution in [3.8, 4) is 0 Å². The Labute approximate surface area is 96.6 Å². The molecule has 1 heterocycles. The van der Waals surface area contributed by atoms with E-state index in [1.54, 1.807) is 0 Å².